The molecule has 4 nitrogen and oxygen atoms in total. The van der Waals surface area contributed by atoms with Crippen molar-refractivity contribution >= 4 is 46.4 Å². The van der Waals surface area contributed by atoms with Crippen molar-refractivity contribution in [2.75, 3.05) is 19.0 Å². The summed E-state index contributed by atoms with van der Waals surface area (Å²) in [5.74, 6) is 0.697. The highest BCUT2D eigenvalue weighted by molar-refractivity contribution is 7.80. The van der Waals surface area contributed by atoms with Crippen molar-refractivity contribution in [1.29, 1.82) is 0 Å². The SMILES string of the molecule is CCCCC1(CCCC)c2cc(N=Cc3ccccc3OC(=S)N(C)C)ccc2-c2ccc(N(c3ccccc3)c3ccccc3)cc21. The van der Waals surface area contributed by atoms with Crippen LogP contribution < -0.4 is 9.64 Å². The molecule has 0 heterocycles. The minimum absolute atomic E-state index is 0.0871. The number of fused-ring (bicyclic) bond motifs is 3. The van der Waals surface area contributed by atoms with Crippen LogP contribution in [0.5, 0.6) is 5.75 Å². The predicted octanol–water partition coefficient (Wildman–Crippen LogP) is 11.8. The molecule has 0 aromatic heterocycles. The maximum absolute atomic E-state index is 5.99. The quantitative estimate of drug-likeness (QED) is 0.0991. The Morgan fingerprint density at radius 3 is 1.85 bits per heavy atom. The average Bonchev–Trinajstić information content (AvgIpc) is 3.38. The van der Waals surface area contributed by atoms with E-state index < -0.39 is 0 Å². The van der Waals surface area contributed by atoms with Crippen LogP contribution >= 0.6 is 12.2 Å². The molecule has 0 saturated heterocycles. The summed E-state index contributed by atoms with van der Waals surface area (Å²) >= 11 is 5.42. The van der Waals surface area contributed by atoms with Crippen molar-refractivity contribution < 1.29 is 4.74 Å². The lowest BCUT2D eigenvalue weighted by molar-refractivity contribution is 0.414. The number of ether oxygens (including phenoxy) is 1. The van der Waals surface area contributed by atoms with Crippen LogP contribution in [0, 0.1) is 0 Å². The van der Waals surface area contributed by atoms with Crippen LogP contribution in [-0.2, 0) is 5.41 Å². The third-order valence-electron chi connectivity index (χ3n) is 9.36. The van der Waals surface area contributed by atoms with Crippen molar-refractivity contribution in [2.24, 2.45) is 4.99 Å². The summed E-state index contributed by atoms with van der Waals surface area (Å²) in [7, 11) is 3.77. The van der Waals surface area contributed by atoms with Crippen molar-refractivity contribution in [3.05, 3.63) is 138 Å². The molecule has 48 heavy (non-hydrogen) atoms. The van der Waals surface area contributed by atoms with E-state index in [1.54, 1.807) is 4.90 Å². The molecule has 0 saturated carbocycles. The van der Waals surface area contributed by atoms with Gasteiger partial charge in [0.1, 0.15) is 5.75 Å². The van der Waals surface area contributed by atoms with Crippen LogP contribution in [0.2, 0.25) is 0 Å². The summed E-state index contributed by atoms with van der Waals surface area (Å²) in [5, 5.41) is 0.417. The van der Waals surface area contributed by atoms with E-state index in [1.165, 1.54) is 27.9 Å². The van der Waals surface area contributed by atoms with Crippen LogP contribution in [0.4, 0.5) is 22.7 Å². The number of hydrogen-bond acceptors (Lipinski definition) is 4. The molecule has 6 rings (SSSR count). The number of nitrogens with zero attached hydrogens (tertiary/aromatic N) is 3. The highest BCUT2D eigenvalue weighted by Crippen LogP contribution is 2.56. The van der Waals surface area contributed by atoms with E-state index in [-0.39, 0.29) is 5.41 Å². The van der Waals surface area contributed by atoms with Crippen LogP contribution in [0.15, 0.2) is 126 Å². The van der Waals surface area contributed by atoms with Gasteiger partial charge in [-0.15, -0.1) is 0 Å². The summed E-state index contributed by atoms with van der Waals surface area (Å²) in [5.41, 5.74) is 10.7. The molecule has 0 unspecified atom stereocenters. The lowest BCUT2D eigenvalue weighted by Crippen LogP contribution is -2.26. The molecule has 1 aliphatic rings. The Labute approximate surface area is 291 Å². The Morgan fingerprint density at radius 1 is 0.688 bits per heavy atom. The van der Waals surface area contributed by atoms with Crippen molar-refractivity contribution in [3.63, 3.8) is 0 Å². The molecule has 0 N–H and O–H groups in total. The zero-order chi connectivity index (χ0) is 33.5. The first-order valence-corrected chi connectivity index (χ1v) is 17.6. The Kier molecular flexibility index (Phi) is 10.4. The summed E-state index contributed by atoms with van der Waals surface area (Å²) in [6, 6.07) is 43.2. The van der Waals surface area contributed by atoms with Gasteiger partial charge >= 0.3 is 0 Å². The van der Waals surface area contributed by atoms with E-state index in [0.29, 0.717) is 10.9 Å². The number of unbranched alkanes of at least 4 members (excludes halogenated alkanes) is 2. The topological polar surface area (TPSA) is 28.1 Å². The lowest BCUT2D eigenvalue weighted by Gasteiger charge is -2.34. The molecule has 0 spiro atoms. The van der Waals surface area contributed by atoms with E-state index >= 15 is 0 Å². The van der Waals surface area contributed by atoms with Crippen molar-refractivity contribution in [1.82, 2.24) is 4.90 Å². The van der Waals surface area contributed by atoms with Crippen LogP contribution in [0.3, 0.4) is 0 Å². The molecule has 5 aromatic rings. The van der Waals surface area contributed by atoms with Crippen molar-refractivity contribution in [3.8, 4) is 16.9 Å². The van der Waals surface area contributed by atoms with Gasteiger partial charge in [0.25, 0.3) is 5.17 Å². The summed E-state index contributed by atoms with van der Waals surface area (Å²) in [6.07, 6.45) is 8.75. The maximum Gasteiger partial charge on any atom is 0.264 e. The van der Waals surface area contributed by atoms with Gasteiger partial charge in [0.05, 0.1) is 5.69 Å². The zero-order valence-corrected chi connectivity index (χ0v) is 29.3. The monoisotopic (exact) mass is 651 g/mol. The number of aliphatic imine (C=N–C) groups is 1. The minimum atomic E-state index is -0.0871. The van der Waals surface area contributed by atoms with Gasteiger partial charge in [-0.05, 0) is 108 Å². The van der Waals surface area contributed by atoms with E-state index in [1.807, 2.05) is 44.6 Å². The fourth-order valence-electron chi connectivity index (χ4n) is 6.92. The molecular formula is C43H45N3OS. The Morgan fingerprint density at radius 2 is 1.25 bits per heavy atom. The minimum Gasteiger partial charge on any atom is -0.431 e. The van der Waals surface area contributed by atoms with Gasteiger partial charge in [0.15, 0.2) is 0 Å². The van der Waals surface area contributed by atoms with E-state index in [2.05, 4.69) is 116 Å². The number of thiocarbonyl (C=S) groups is 1. The highest BCUT2D eigenvalue weighted by Gasteiger charge is 2.42. The van der Waals surface area contributed by atoms with Crippen LogP contribution in [0.25, 0.3) is 11.1 Å². The van der Waals surface area contributed by atoms with Gasteiger partial charge in [0.2, 0.25) is 0 Å². The third-order valence-corrected chi connectivity index (χ3v) is 9.81. The summed E-state index contributed by atoms with van der Waals surface area (Å²) in [4.78, 5) is 9.18. The van der Waals surface area contributed by atoms with Gasteiger partial charge in [-0.1, -0.05) is 100 Å². The molecule has 5 heteroatoms. The van der Waals surface area contributed by atoms with Gasteiger partial charge in [-0.2, -0.15) is 0 Å². The van der Waals surface area contributed by atoms with E-state index in [9.17, 15) is 0 Å². The molecule has 244 valence electrons. The smallest absolute Gasteiger partial charge is 0.264 e. The third kappa shape index (κ3) is 6.79. The first-order chi connectivity index (χ1) is 23.4. The first-order valence-electron chi connectivity index (χ1n) is 17.2. The first kappa shape index (κ1) is 33.2. The van der Waals surface area contributed by atoms with Gasteiger partial charge in [0, 0.05) is 48.4 Å². The van der Waals surface area contributed by atoms with E-state index in [0.717, 1.165) is 61.2 Å². The number of anilines is 3. The maximum atomic E-state index is 5.99. The largest absolute Gasteiger partial charge is 0.431 e. The predicted molar refractivity (Wildman–Crippen MR) is 207 cm³/mol. The second kappa shape index (κ2) is 15.0. The fourth-order valence-corrected chi connectivity index (χ4v) is 7.01. The molecular weight excluding hydrogens is 607 g/mol. The van der Waals surface area contributed by atoms with Crippen LogP contribution in [-0.4, -0.2) is 30.4 Å². The average molecular weight is 652 g/mol. The Hall–Kier alpha value is -4.74. The van der Waals surface area contributed by atoms with Gasteiger partial charge in [-0.3, -0.25) is 4.99 Å². The van der Waals surface area contributed by atoms with E-state index in [4.69, 9.17) is 21.9 Å². The molecule has 1 aliphatic carbocycles. The van der Waals surface area contributed by atoms with Gasteiger partial charge in [-0.25, -0.2) is 0 Å². The molecule has 0 fully saturated rings. The molecule has 0 radical (unpaired) electrons. The molecule has 0 atom stereocenters. The standard InChI is InChI=1S/C43H45N3OS/c1-5-7-27-43(28-8-6-2)39-29-33(44-31-32-17-15-16-22-41(32)47-42(48)45(3)4)23-25-37(39)38-26-24-36(30-40(38)43)46(34-18-11-9-12-19-34)35-20-13-10-14-21-35/h9-26,29-31H,5-8,27-28H2,1-4H3. The molecule has 0 amide bonds. The van der Waals surface area contributed by atoms with Gasteiger partial charge < -0.3 is 14.5 Å². The second-order valence-corrected chi connectivity index (χ2v) is 13.2. The highest BCUT2D eigenvalue weighted by atomic mass is 32.1. The lowest BCUT2D eigenvalue weighted by atomic mass is 9.70. The number of benzene rings is 5. The molecule has 0 bridgehead atoms. The van der Waals surface area contributed by atoms with Crippen molar-refractivity contribution in [2.45, 2.75) is 57.8 Å². The number of hydrogen-bond donors (Lipinski definition) is 0. The number of para-hydroxylation sites is 3. The molecule has 5 aromatic carbocycles. The normalized spacial score (nSPS) is 12.8. The summed E-state index contributed by atoms with van der Waals surface area (Å²) in [6.45, 7) is 4.60. The summed E-state index contributed by atoms with van der Waals surface area (Å²) < 4.78 is 5.99. The number of rotatable bonds is 12. The Balaban J connectivity index is 1.45. The zero-order valence-electron chi connectivity index (χ0n) is 28.5. The molecule has 0 aliphatic heterocycles. The second-order valence-electron chi connectivity index (χ2n) is 12.8. The van der Waals surface area contributed by atoms with Crippen LogP contribution in [0.1, 0.15) is 69.1 Å². The fraction of sp³-hybridized carbons (Fsp3) is 0.256. The Bertz CT molecular complexity index is 1840.